The molecule has 0 aliphatic heterocycles. The highest BCUT2D eigenvalue weighted by Gasteiger charge is 2.03. The summed E-state index contributed by atoms with van der Waals surface area (Å²) >= 11 is 0. The van der Waals surface area contributed by atoms with Crippen LogP contribution in [0.1, 0.15) is 11.1 Å². The second kappa shape index (κ2) is 4.45. The third-order valence-corrected chi connectivity index (χ3v) is 2.98. The molecule has 0 saturated heterocycles. The minimum absolute atomic E-state index is 0.561. The highest BCUT2D eigenvalue weighted by atomic mass is 14.8. The molecule has 2 aromatic heterocycles. The fourth-order valence-electron chi connectivity index (χ4n) is 2.13. The first-order chi connectivity index (χ1) is 8.83. The van der Waals surface area contributed by atoms with E-state index in [9.17, 15) is 0 Å². The molecule has 0 amide bonds. The van der Waals surface area contributed by atoms with Crippen molar-refractivity contribution in [3.8, 4) is 0 Å². The van der Waals surface area contributed by atoms with E-state index in [1.165, 1.54) is 16.5 Å². The number of para-hydroxylation sites is 1. The molecule has 3 rings (SSSR count). The van der Waals surface area contributed by atoms with Crippen LogP contribution < -0.4 is 5.73 Å². The van der Waals surface area contributed by atoms with Gasteiger partial charge in [-0.3, -0.25) is 4.98 Å². The Morgan fingerprint density at radius 3 is 2.67 bits per heavy atom. The molecule has 0 fully saturated rings. The van der Waals surface area contributed by atoms with Crippen LogP contribution >= 0.6 is 0 Å². The molecule has 0 radical (unpaired) electrons. The largest absolute Gasteiger partial charge is 0.384 e. The second-order valence-corrected chi connectivity index (χ2v) is 4.25. The van der Waals surface area contributed by atoms with Crippen LogP contribution in [0.2, 0.25) is 0 Å². The monoisotopic (exact) mass is 235 g/mol. The normalized spacial score (nSPS) is 10.7. The SMILES string of the molecule is Nc1cc(Cc2ccnc3ccccc23)ccn1. The topological polar surface area (TPSA) is 51.8 Å². The van der Waals surface area contributed by atoms with Gasteiger partial charge >= 0.3 is 0 Å². The number of hydrogen-bond acceptors (Lipinski definition) is 3. The number of rotatable bonds is 2. The Kier molecular flexibility index (Phi) is 2.65. The summed E-state index contributed by atoms with van der Waals surface area (Å²) < 4.78 is 0. The van der Waals surface area contributed by atoms with Gasteiger partial charge in [-0.05, 0) is 41.8 Å². The third-order valence-electron chi connectivity index (χ3n) is 2.98. The summed E-state index contributed by atoms with van der Waals surface area (Å²) in [5, 5.41) is 1.19. The van der Waals surface area contributed by atoms with Gasteiger partial charge in [-0.1, -0.05) is 18.2 Å². The zero-order chi connectivity index (χ0) is 12.4. The van der Waals surface area contributed by atoms with E-state index in [0.717, 1.165) is 11.9 Å². The number of aromatic nitrogens is 2. The first kappa shape index (κ1) is 10.7. The van der Waals surface area contributed by atoms with Crippen molar-refractivity contribution in [2.45, 2.75) is 6.42 Å². The molecule has 0 spiro atoms. The van der Waals surface area contributed by atoms with Crippen LogP contribution in [-0.2, 0) is 6.42 Å². The van der Waals surface area contributed by atoms with E-state index in [4.69, 9.17) is 5.73 Å². The van der Waals surface area contributed by atoms with Crippen LogP contribution in [-0.4, -0.2) is 9.97 Å². The Labute approximate surface area is 105 Å². The Bertz CT molecular complexity index is 687. The first-order valence-electron chi connectivity index (χ1n) is 5.86. The predicted octanol–water partition coefficient (Wildman–Crippen LogP) is 2.80. The lowest BCUT2D eigenvalue weighted by molar-refractivity contribution is 1.17. The number of nitrogen functional groups attached to an aromatic ring is 1. The minimum atomic E-state index is 0.561. The maximum absolute atomic E-state index is 5.70. The Morgan fingerprint density at radius 1 is 0.944 bits per heavy atom. The van der Waals surface area contributed by atoms with Crippen LogP contribution in [0.5, 0.6) is 0 Å². The minimum Gasteiger partial charge on any atom is -0.384 e. The van der Waals surface area contributed by atoms with Crippen molar-refractivity contribution in [3.05, 3.63) is 66.0 Å². The van der Waals surface area contributed by atoms with Gasteiger partial charge in [0, 0.05) is 17.8 Å². The molecular weight excluding hydrogens is 222 g/mol. The van der Waals surface area contributed by atoms with Crippen molar-refractivity contribution in [3.63, 3.8) is 0 Å². The van der Waals surface area contributed by atoms with Crippen molar-refractivity contribution in [1.82, 2.24) is 9.97 Å². The van der Waals surface area contributed by atoms with Crippen molar-refractivity contribution < 1.29 is 0 Å². The molecule has 0 aliphatic rings. The summed E-state index contributed by atoms with van der Waals surface area (Å²) in [6.45, 7) is 0. The molecule has 0 unspecified atom stereocenters. The third kappa shape index (κ3) is 2.02. The molecule has 18 heavy (non-hydrogen) atoms. The Balaban J connectivity index is 2.05. The smallest absolute Gasteiger partial charge is 0.123 e. The maximum Gasteiger partial charge on any atom is 0.123 e. The molecule has 88 valence electrons. The van der Waals surface area contributed by atoms with Crippen LogP contribution in [0.25, 0.3) is 10.9 Å². The highest BCUT2D eigenvalue weighted by Crippen LogP contribution is 2.19. The van der Waals surface area contributed by atoms with E-state index in [-0.39, 0.29) is 0 Å². The summed E-state index contributed by atoms with van der Waals surface area (Å²) in [6, 6.07) is 14.1. The summed E-state index contributed by atoms with van der Waals surface area (Å²) in [4.78, 5) is 8.37. The van der Waals surface area contributed by atoms with Crippen molar-refractivity contribution in [2.24, 2.45) is 0 Å². The van der Waals surface area contributed by atoms with Crippen LogP contribution in [0.4, 0.5) is 5.82 Å². The van der Waals surface area contributed by atoms with E-state index in [1.807, 2.05) is 36.5 Å². The van der Waals surface area contributed by atoms with Gasteiger partial charge in [0.15, 0.2) is 0 Å². The van der Waals surface area contributed by atoms with Crippen LogP contribution in [0, 0.1) is 0 Å². The number of benzene rings is 1. The molecule has 1 aromatic carbocycles. The van der Waals surface area contributed by atoms with E-state index in [2.05, 4.69) is 22.1 Å². The van der Waals surface area contributed by atoms with Gasteiger partial charge in [0.05, 0.1) is 5.52 Å². The number of nitrogens with zero attached hydrogens (tertiary/aromatic N) is 2. The standard InChI is InChI=1S/C15H13N3/c16-15-10-11(5-7-18-15)9-12-6-8-17-14-4-2-1-3-13(12)14/h1-8,10H,9H2,(H2,16,18). The zero-order valence-electron chi connectivity index (χ0n) is 9.88. The van der Waals surface area contributed by atoms with E-state index < -0.39 is 0 Å². The lowest BCUT2D eigenvalue weighted by Gasteiger charge is -2.06. The number of pyridine rings is 2. The molecule has 3 aromatic rings. The van der Waals surface area contributed by atoms with Crippen LogP contribution in [0.15, 0.2) is 54.9 Å². The average Bonchev–Trinajstić information content (AvgIpc) is 2.39. The summed E-state index contributed by atoms with van der Waals surface area (Å²) in [5.41, 5.74) is 9.15. The summed E-state index contributed by atoms with van der Waals surface area (Å²) in [5.74, 6) is 0.561. The van der Waals surface area contributed by atoms with Crippen LogP contribution in [0.3, 0.4) is 0 Å². The van der Waals surface area contributed by atoms with Gasteiger partial charge in [0.2, 0.25) is 0 Å². The predicted molar refractivity (Wildman–Crippen MR) is 73.2 cm³/mol. The van der Waals surface area contributed by atoms with Gasteiger partial charge in [0.1, 0.15) is 5.82 Å². The van der Waals surface area contributed by atoms with Gasteiger partial charge in [-0.25, -0.2) is 4.98 Å². The average molecular weight is 235 g/mol. The fourth-order valence-corrected chi connectivity index (χ4v) is 2.13. The van der Waals surface area contributed by atoms with Gasteiger partial charge in [-0.15, -0.1) is 0 Å². The molecule has 0 saturated carbocycles. The summed E-state index contributed by atoms with van der Waals surface area (Å²) in [7, 11) is 0. The van der Waals surface area contributed by atoms with E-state index >= 15 is 0 Å². The Morgan fingerprint density at radius 2 is 1.78 bits per heavy atom. The van der Waals surface area contributed by atoms with Gasteiger partial charge < -0.3 is 5.73 Å². The molecule has 0 atom stereocenters. The second-order valence-electron chi connectivity index (χ2n) is 4.25. The summed E-state index contributed by atoms with van der Waals surface area (Å²) in [6.07, 6.45) is 4.44. The number of nitrogens with two attached hydrogens (primary N) is 1. The molecule has 0 aliphatic carbocycles. The number of hydrogen-bond donors (Lipinski definition) is 1. The lowest BCUT2D eigenvalue weighted by atomic mass is 10.0. The zero-order valence-corrected chi connectivity index (χ0v) is 9.88. The first-order valence-corrected chi connectivity index (χ1v) is 5.86. The highest BCUT2D eigenvalue weighted by molar-refractivity contribution is 5.82. The van der Waals surface area contributed by atoms with Crippen molar-refractivity contribution in [1.29, 1.82) is 0 Å². The molecule has 2 N–H and O–H groups in total. The molecule has 2 heterocycles. The lowest BCUT2D eigenvalue weighted by Crippen LogP contribution is -1.94. The molecular formula is C15H13N3. The Hall–Kier alpha value is -2.42. The number of anilines is 1. The molecule has 3 nitrogen and oxygen atoms in total. The number of fused-ring (bicyclic) bond motifs is 1. The van der Waals surface area contributed by atoms with Crippen molar-refractivity contribution >= 4 is 16.7 Å². The molecule has 0 bridgehead atoms. The quantitative estimate of drug-likeness (QED) is 0.743. The van der Waals surface area contributed by atoms with Crippen molar-refractivity contribution in [2.75, 3.05) is 5.73 Å². The van der Waals surface area contributed by atoms with E-state index in [1.54, 1.807) is 6.20 Å². The van der Waals surface area contributed by atoms with E-state index in [0.29, 0.717) is 5.82 Å². The van der Waals surface area contributed by atoms with Gasteiger partial charge in [-0.2, -0.15) is 0 Å². The molecule has 3 heteroatoms. The maximum atomic E-state index is 5.70. The van der Waals surface area contributed by atoms with Gasteiger partial charge in [0.25, 0.3) is 0 Å². The fraction of sp³-hybridized carbons (Fsp3) is 0.0667.